The van der Waals surface area contributed by atoms with Crippen LogP contribution in [0.4, 0.5) is 5.69 Å². The van der Waals surface area contributed by atoms with Gasteiger partial charge in [-0.15, -0.1) is 0 Å². The fraction of sp³-hybridized carbons (Fsp3) is 0.558. The molecule has 7 N–H and O–H groups in total. The minimum atomic E-state index is -0.869. The first-order valence-corrected chi connectivity index (χ1v) is 24.1. The zero-order valence-corrected chi connectivity index (χ0v) is 39.0. The van der Waals surface area contributed by atoms with Crippen LogP contribution in [0, 0.1) is 46.8 Å². The van der Waals surface area contributed by atoms with Gasteiger partial charge in [0, 0.05) is 52.9 Å². The van der Waals surface area contributed by atoms with E-state index in [-0.39, 0.29) is 29.2 Å². The number of aldehydes is 1. The van der Waals surface area contributed by atoms with E-state index in [1.54, 1.807) is 31.3 Å². The number of likely N-dealkylation sites (N-methyl/N-ethyl adjacent to an activating group) is 1. The Morgan fingerprint density at radius 1 is 0.954 bits per heavy atom. The van der Waals surface area contributed by atoms with E-state index in [1.165, 1.54) is 50.8 Å². The molecule has 0 spiro atoms. The summed E-state index contributed by atoms with van der Waals surface area (Å²) in [5.41, 5.74) is 3.59. The van der Waals surface area contributed by atoms with Crippen molar-refractivity contribution in [1.29, 1.82) is 0 Å². The molecule has 0 bridgehead atoms. The van der Waals surface area contributed by atoms with Gasteiger partial charge in [-0.3, -0.25) is 14.4 Å². The van der Waals surface area contributed by atoms with Crippen molar-refractivity contribution in [1.82, 2.24) is 10.6 Å². The minimum Gasteiger partial charge on any atom is -0.508 e. The number of Topliss-reactive ketones (excluding diaryl/α,β-unsaturated/α-hetero) is 1. The predicted molar refractivity (Wildman–Crippen MR) is 257 cm³/mol. The maximum Gasteiger partial charge on any atom is 0.320 e. The molecule has 13 heteroatoms. The summed E-state index contributed by atoms with van der Waals surface area (Å²) in [6, 6.07) is 14.0. The topological polar surface area (TPSA) is 198 Å². The summed E-state index contributed by atoms with van der Waals surface area (Å²) >= 11 is 5.41. The summed E-state index contributed by atoms with van der Waals surface area (Å²) in [5, 5.41) is 50.4. The van der Waals surface area contributed by atoms with E-state index in [1.807, 2.05) is 12.1 Å². The van der Waals surface area contributed by atoms with Crippen LogP contribution in [0.15, 0.2) is 63.8 Å². The van der Waals surface area contributed by atoms with E-state index in [4.69, 9.17) is 21.7 Å². The van der Waals surface area contributed by atoms with Crippen LogP contribution in [0.2, 0.25) is 0 Å². The summed E-state index contributed by atoms with van der Waals surface area (Å²) in [6.45, 7) is 6.87. The Morgan fingerprint density at radius 3 is 2.46 bits per heavy atom. The number of carboxylic acid groups (broad SMARTS) is 1. The van der Waals surface area contributed by atoms with Crippen molar-refractivity contribution in [2.24, 2.45) is 46.8 Å². The highest BCUT2D eigenvalue weighted by molar-refractivity contribution is 7.80. The molecule has 65 heavy (non-hydrogen) atoms. The average molecular weight is 910 g/mol. The smallest absolute Gasteiger partial charge is 0.320 e. The van der Waals surface area contributed by atoms with Gasteiger partial charge in [-0.25, -0.2) is 0 Å². The summed E-state index contributed by atoms with van der Waals surface area (Å²) in [4.78, 5) is 46.7. The van der Waals surface area contributed by atoms with Crippen LogP contribution in [-0.2, 0) is 9.59 Å². The van der Waals surface area contributed by atoms with Crippen molar-refractivity contribution in [2.75, 3.05) is 18.9 Å². The summed E-state index contributed by atoms with van der Waals surface area (Å²) < 4.78 is 5.92. The first-order chi connectivity index (χ1) is 31.1. The number of rotatable bonds is 14. The van der Waals surface area contributed by atoms with Gasteiger partial charge in [0.25, 0.3) is 0 Å². The number of hydrogen-bond donors (Lipinski definition) is 7. The first-order valence-electron chi connectivity index (χ1n) is 23.7. The molecule has 11 unspecified atom stereocenters. The van der Waals surface area contributed by atoms with Crippen molar-refractivity contribution in [3.63, 3.8) is 0 Å². The second-order valence-electron chi connectivity index (χ2n) is 19.7. The van der Waals surface area contributed by atoms with E-state index in [9.17, 15) is 34.5 Å². The summed E-state index contributed by atoms with van der Waals surface area (Å²) in [7, 11) is 1.63. The van der Waals surface area contributed by atoms with Crippen LogP contribution >= 0.6 is 12.2 Å². The first kappa shape index (κ1) is 48.2. The molecule has 8 rings (SSSR count). The third-order valence-electron chi connectivity index (χ3n) is 16.0. The van der Waals surface area contributed by atoms with Crippen LogP contribution in [0.1, 0.15) is 115 Å². The monoisotopic (exact) mass is 909 g/mol. The third-order valence-corrected chi connectivity index (χ3v) is 16.2. The van der Waals surface area contributed by atoms with Gasteiger partial charge in [-0.2, -0.15) is 0 Å². The molecule has 1 heterocycles. The van der Waals surface area contributed by atoms with Gasteiger partial charge in [-0.1, -0.05) is 19.9 Å². The lowest BCUT2D eigenvalue weighted by molar-refractivity contribution is -0.158. The van der Waals surface area contributed by atoms with E-state index in [0.717, 1.165) is 56.6 Å². The number of phenolic OH excluding ortho intramolecular Hbond substituents is 1. The molecule has 0 aromatic heterocycles. The number of carboxylic acids is 1. The van der Waals surface area contributed by atoms with Gasteiger partial charge >= 0.3 is 5.97 Å². The Kier molecular flexibility index (Phi) is 15.5. The number of aromatic hydroxyl groups is 1. The van der Waals surface area contributed by atoms with Crippen molar-refractivity contribution >= 4 is 52.0 Å². The van der Waals surface area contributed by atoms with Crippen LogP contribution in [-0.4, -0.2) is 75.4 Å². The minimum absolute atomic E-state index is 0.0194. The standard InChI is InChI=1S/C29H29N3O6S.C23H38O3/c1-16(33)23-13-17(32-29(39)31-12-4-3-5-24(30-2)28(36)37)6-9-20(23)27-21-10-7-18(34)14-25(21)38-26-15-19(35)8-11-22(26)27;1-14(4-3-11-24)17-5-6-19-18(17)7-8-20-22(19)21(26)13-15-12-16(25)9-10-23(15,20)2/h6-11,13-15,24,30,34H,3-5,12H2,1-2H3,(H,36,37)(H2,31,32,39);11,14-22,25-26H,3-10,12-13H2,1-2H3. The Bertz CT molecular complexity index is 2380. The Balaban J connectivity index is 0.000000209. The van der Waals surface area contributed by atoms with Gasteiger partial charge in [-0.05, 0) is 192 Å². The number of carbonyl (C=O) groups is 3. The molecule has 2 aromatic rings. The highest BCUT2D eigenvalue weighted by Gasteiger charge is 2.59. The third kappa shape index (κ3) is 10.5. The van der Waals surface area contributed by atoms with Crippen molar-refractivity contribution in [2.45, 2.75) is 122 Å². The van der Waals surface area contributed by atoms with E-state index in [2.05, 4.69) is 29.8 Å². The molecule has 12 nitrogen and oxygen atoms in total. The van der Waals surface area contributed by atoms with Gasteiger partial charge in [0.15, 0.2) is 16.3 Å². The highest BCUT2D eigenvalue weighted by Crippen LogP contribution is 2.64. The lowest BCUT2D eigenvalue weighted by Crippen LogP contribution is -2.56. The number of benzene rings is 3. The number of phenols is 1. The molecular formula is C52H67N3O9S. The Labute approximate surface area is 387 Å². The van der Waals surface area contributed by atoms with Crippen LogP contribution in [0.5, 0.6) is 5.75 Å². The van der Waals surface area contributed by atoms with Crippen molar-refractivity contribution in [3.8, 4) is 28.2 Å². The van der Waals surface area contributed by atoms with Crippen molar-refractivity contribution in [3.05, 3.63) is 70.4 Å². The number of anilines is 1. The molecule has 4 saturated carbocycles. The molecular weight excluding hydrogens is 843 g/mol. The zero-order chi connectivity index (χ0) is 46.6. The summed E-state index contributed by atoms with van der Waals surface area (Å²) in [6.07, 6.45) is 13.5. The second kappa shape index (κ2) is 20.9. The lowest BCUT2D eigenvalue weighted by atomic mass is 9.46. The predicted octanol–water partition coefficient (Wildman–Crippen LogP) is 8.80. The number of nitrogens with one attached hydrogen (secondary N) is 3. The molecule has 5 aliphatic carbocycles. The lowest BCUT2D eigenvalue weighted by Gasteiger charge is -2.60. The number of thiocarbonyl (C=S) groups is 1. The number of unbranched alkanes of at least 4 members (excludes halogenated alkanes) is 1. The SMILES string of the molecule is CC(CCC=O)C1CCC2C1CCC1C2C(O)CC2CC(O)CCC21C.CNC(CCCCNC(=S)Nc1ccc(-c2c3ccc(=O)cc-3oc3cc(O)ccc23)c(C(C)=O)c1)C(=O)O. The van der Waals surface area contributed by atoms with E-state index >= 15 is 0 Å². The van der Waals surface area contributed by atoms with E-state index < -0.39 is 12.0 Å². The molecule has 0 radical (unpaired) electrons. The van der Waals surface area contributed by atoms with Gasteiger partial charge in [0.1, 0.15) is 29.4 Å². The maximum atomic E-state index is 12.8. The van der Waals surface area contributed by atoms with Gasteiger partial charge in [0.2, 0.25) is 0 Å². The van der Waals surface area contributed by atoms with Crippen LogP contribution in [0.3, 0.4) is 0 Å². The van der Waals surface area contributed by atoms with Gasteiger partial charge < -0.3 is 45.6 Å². The molecule has 2 aromatic carbocycles. The number of fused-ring (bicyclic) bond motifs is 7. The molecule has 350 valence electrons. The highest BCUT2D eigenvalue weighted by atomic mass is 32.1. The molecule has 0 amide bonds. The maximum absolute atomic E-state index is 12.8. The Morgan fingerprint density at radius 2 is 1.72 bits per heavy atom. The molecule has 1 aliphatic heterocycles. The second-order valence-corrected chi connectivity index (χ2v) is 20.1. The fourth-order valence-electron chi connectivity index (χ4n) is 12.7. The fourth-order valence-corrected chi connectivity index (χ4v) is 12.9. The van der Waals surface area contributed by atoms with Crippen LogP contribution < -0.4 is 21.4 Å². The molecule has 0 saturated heterocycles. The number of carbonyl (C=O) groups excluding carboxylic acids is 2. The number of ketones is 1. The van der Waals surface area contributed by atoms with E-state index in [0.29, 0.717) is 111 Å². The average Bonchev–Trinajstić information content (AvgIpc) is 3.71. The zero-order valence-electron chi connectivity index (χ0n) is 38.2. The quantitative estimate of drug-likeness (QED) is 0.0209. The number of aliphatic hydroxyl groups excluding tert-OH is 2. The molecule has 11 atom stereocenters. The van der Waals surface area contributed by atoms with Gasteiger partial charge in [0.05, 0.1) is 12.2 Å². The summed E-state index contributed by atoms with van der Waals surface area (Å²) in [5.74, 6) is 3.82. The Hall–Kier alpha value is -4.69. The number of aliphatic carboxylic acids is 1. The van der Waals surface area contributed by atoms with Crippen LogP contribution in [0.25, 0.3) is 33.4 Å². The number of hydrogen-bond acceptors (Lipinski definition) is 10. The molecule has 6 aliphatic rings. The van der Waals surface area contributed by atoms with Crippen molar-refractivity contribution < 1.29 is 39.2 Å². The largest absolute Gasteiger partial charge is 0.508 e. The molecule has 4 fully saturated rings. The normalized spacial score (nSPS) is 27.8. The number of aliphatic hydroxyl groups is 2.